The number of ether oxygens (including phenoxy) is 2. The largest absolute Gasteiger partial charge is 0.466 e. The second-order valence-electron chi connectivity index (χ2n) is 6.25. The zero-order valence-electron chi connectivity index (χ0n) is 16.3. The quantitative estimate of drug-likeness (QED) is 0.583. The molecule has 0 aromatic heterocycles. The molecule has 0 atom stereocenters. The number of carbonyl (C=O) groups excluding carboxylic acids is 3. The summed E-state index contributed by atoms with van der Waals surface area (Å²) in [5, 5.41) is 4.92. The highest BCUT2D eigenvalue weighted by molar-refractivity contribution is 6.01. The van der Waals surface area contributed by atoms with Crippen molar-refractivity contribution in [3.8, 4) is 0 Å². The Balaban J connectivity index is 2.94. The second kappa shape index (κ2) is 8.38. The predicted molar refractivity (Wildman–Crippen MR) is 95.9 cm³/mol. The lowest BCUT2D eigenvalue weighted by molar-refractivity contribution is -0.137. The standard InChI is InChI=1S/C19H19F3N2O5/c1-7-12(18(26)28-4)14(13(8(2)23-7)19(27)29-5)10-6-11(20)15(21)16(22)17(10)24-9(3)25/h6,14,23H,1-5H3,(H,24,25). The van der Waals surface area contributed by atoms with E-state index < -0.39 is 46.9 Å². The van der Waals surface area contributed by atoms with Crippen LogP contribution < -0.4 is 10.6 Å². The zero-order chi connectivity index (χ0) is 22.0. The lowest BCUT2D eigenvalue weighted by Gasteiger charge is -2.31. The number of rotatable bonds is 4. The van der Waals surface area contributed by atoms with Gasteiger partial charge in [0, 0.05) is 18.3 Å². The minimum absolute atomic E-state index is 0.157. The summed E-state index contributed by atoms with van der Waals surface area (Å²) >= 11 is 0. The first-order chi connectivity index (χ1) is 13.5. The van der Waals surface area contributed by atoms with Crippen LogP contribution in [-0.4, -0.2) is 32.1 Å². The fraction of sp³-hybridized carbons (Fsp3) is 0.316. The fourth-order valence-corrected chi connectivity index (χ4v) is 3.21. The zero-order valence-corrected chi connectivity index (χ0v) is 16.3. The van der Waals surface area contributed by atoms with Crippen LogP contribution in [0, 0.1) is 17.5 Å². The number of amides is 1. The number of hydrogen-bond acceptors (Lipinski definition) is 6. The van der Waals surface area contributed by atoms with E-state index in [4.69, 9.17) is 9.47 Å². The van der Waals surface area contributed by atoms with E-state index in [1.807, 2.05) is 0 Å². The van der Waals surface area contributed by atoms with Crippen LogP contribution in [0.25, 0.3) is 0 Å². The van der Waals surface area contributed by atoms with Gasteiger partial charge in [0.15, 0.2) is 17.5 Å². The average Bonchev–Trinajstić information content (AvgIpc) is 2.66. The first-order valence-corrected chi connectivity index (χ1v) is 8.35. The number of halogens is 3. The molecule has 0 aliphatic carbocycles. The summed E-state index contributed by atoms with van der Waals surface area (Å²) in [4.78, 5) is 36.5. The lowest BCUT2D eigenvalue weighted by Crippen LogP contribution is -2.32. The molecule has 0 spiro atoms. The molecular weight excluding hydrogens is 393 g/mol. The minimum atomic E-state index is -1.81. The third kappa shape index (κ3) is 3.96. The van der Waals surface area contributed by atoms with Crippen molar-refractivity contribution in [2.45, 2.75) is 26.7 Å². The summed E-state index contributed by atoms with van der Waals surface area (Å²) in [6.45, 7) is 4.02. The molecule has 0 unspecified atom stereocenters. The Morgan fingerprint density at radius 2 is 1.45 bits per heavy atom. The first-order valence-electron chi connectivity index (χ1n) is 8.35. The SMILES string of the molecule is COC(=O)C1=C(C)NC(C)=C(C(=O)OC)C1c1cc(F)c(F)c(F)c1NC(C)=O. The van der Waals surface area contributed by atoms with E-state index >= 15 is 0 Å². The highest BCUT2D eigenvalue weighted by atomic mass is 19.2. The molecule has 2 N–H and O–H groups in total. The van der Waals surface area contributed by atoms with Crippen molar-refractivity contribution in [3.63, 3.8) is 0 Å². The maximum absolute atomic E-state index is 14.5. The molecule has 1 aliphatic rings. The van der Waals surface area contributed by atoms with Crippen LogP contribution in [0.1, 0.15) is 32.3 Å². The van der Waals surface area contributed by atoms with Crippen LogP contribution in [0.3, 0.4) is 0 Å². The van der Waals surface area contributed by atoms with Gasteiger partial charge in [0.1, 0.15) is 0 Å². The summed E-state index contributed by atoms with van der Waals surface area (Å²) in [5.41, 5.74) is -0.882. The van der Waals surface area contributed by atoms with E-state index in [-0.39, 0.29) is 28.1 Å². The van der Waals surface area contributed by atoms with E-state index in [0.29, 0.717) is 6.07 Å². The summed E-state index contributed by atoms with van der Waals surface area (Å²) in [6.07, 6.45) is 0. The molecule has 0 saturated carbocycles. The number of methoxy groups -OCH3 is 2. The second-order valence-corrected chi connectivity index (χ2v) is 6.25. The Kier molecular flexibility index (Phi) is 6.35. The number of allylic oxidation sites excluding steroid dienone is 2. The van der Waals surface area contributed by atoms with Crippen LogP contribution >= 0.6 is 0 Å². The number of esters is 2. The highest BCUT2D eigenvalue weighted by Gasteiger charge is 2.40. The van der Waals surface area contributed by atoms with E-state index in [9.17, 15) is 27.6 Å². The molecule has 7 nitrogen and oxygen atoms in total. The molecule has 0 radical (unpaired) electrons. The van der Waals surface area contributed by atoms with Crippen LogP contribution in [0.2, 0.25) is 0 Å². The van der Waals surface area contributed by atoms with Gasteiger partial charge in [-0.25, -0.2) is 22.8 Å². The molecular formula is C19H19F3N2O5. The van der Waals surface area contributed by atoms with Crippen molar-refractivity contribution in [3.05, 3.63) is 51.6 Å². The van der Waals surface area contributed by atoms with Gasteiger partial charge < -0.3 is 20.1 Å². The number of dihydropyridines is 1. The molecule has 1 amide bonds. The highest BCUT2D eigenvalue weighted by Crippen LogP contribution is 2.43. The van der Waals surface area contributed by atoms with Crippen LogP contribution in [-0.2, 0) is 23.9 Å². The summed E-state index contributed by atoms with van der Waals surface area (Å²) < 4.78 is 52.0. The summed E-state index contributed by atoms with van der Waals surface area (Å²) in [6, 6.07) is 0.617. The third-order valence-corrected chi connectivity index (χ3v) is 4.38. The van der Waals surface area contributed by atoms with Crippen LogP contribution in [0.5, 0.6) is 0 Å². The third-order valence-electron chi connectivity index (χ3n) is 4.38. The number of hydrogen-bond donors (Lipinski definition) is 2. The number of nitrogens with one attached hydrogen (secondary N) is 2. The van der Waals surface area contributed by atoms with Gasteiger partial charge in [0.05, 0.1) is 37.0 Å². The van der Waals surface area contributed by atoms with Gasteiger partial charge in [0.2, 0.25) is 5.91 Å². The normalized spacial score (nSPS) is 14.5. The van der Waals surface area contributed by atoms with Crippen molar-refractivity contribution in [2.75, 3.05) is 19.5 Å². The minimum Gasteiger partial charge on any atom is -0.466 e. The van der Waals surface area contributed by atoms with E-state index in [2.05, 4.69) is 10.6 Å². The Morgan fingerprint density at radius 3 is 1.86 bits per heavy atom. The number of anilines is 1. The molecule has 1 aliphatic heterocycles. The molecule has 0 fully saturated rings. The molecule has 156 valence electrons. The van der Waals surface area contributed by atoms with Crippen molar-refractivity contribution >= 4 is 23.5 Å². The molecule has 0 saturated heterocycles. The first kappa shape index (κ1) is 22.0. The van der Waals surface area contributed by atoms with Gasteiger partial charge in [-0.15, -0.1) is 0 Å². The Labute approximate surface area is 164 Å². The van der Waals surface area contributed by atoms with Gasteiger partial charge >= 0.3 is 11.9 Å². The van der Waals surface area contributed by atoms with Crippen molar-refractivity contribution in [1.29, 1.82) is 0 Å². The molecule has 1 aromatic rings. The molecule has 10 heteroatoms. The van der Waals surface area contributed by atoms with Gasteiger partial charge in [0.25, 0.3) is 0 Å². The van der Waals surface area contributed by atoms with Gasteiger partial charge in [-0.2, -0.15) is 0 Å². The molecule has 1 aromatic carbocycles. The molecule has 0 bridgehead atoms. The molecule has 1 heterocycles. The van der Waals surface area contributed by atoms with Crippen molar-refractivity contribution < 1.29 is 37.0 Å². The monoisotopic (exact) mass is 412 g/mol. The van der Waals surface area contributed by atoms with Gasteiger partial charge in [-0.3, -0.25) is 4.79 Å². The van der Waals surface area contributed by atoms with Crippen LogP contribution in [0.4, 0.5) is 18.9 Å². The van der Waals surface area contributed by atoms with E-state index in [1.165, 1.54) is 13.8 Å². The lowest BCUT2D eigenvalue weighted by atomic mass is 9.79. The predicted octanol–water partition coefficient (Wildman–Crippen LogP) is 2.64. The maximum atomic E-state index is 14.5. The van der Waals surface area contributed by atoms with Gasteiger partial charge in [-0.05, 0) is 25.5 Å². The smallest absolute Gasteiger partial charge is 0.336 e. The van der Waals surface area contributed by atoms with E-state index in [1.54, 1.807) is 0 Å². The Morgan fingerprint density at radius 1 is 0.966 bits per heavy atom. The molecule has 29 heavy (non-hydrogen) atoms. The van der Waals surface area contributed by atoms with Gasteiger partial charge in [-0.1, -0.05) is 0 Å². The Hall–Kier alpha value is -3.30. The van der Waals surface area contributed by atoms with Crippen LogP contribution in [0.15, 0.2) is 28.6 Å². The van der Waals surface area contributed by atoms with E-state index in [0.717, 1.165) is 21.1 Å². The molecule has 2 rings (SSSR count). The van der Waals surface area contributed by atoms with Crippen molar-refractivity contribution in [2.24, 2.45) is 0 Å². The topological polar surface area (TPSA) is 93.7 Å². The number of carbonyl (C=O) groups is 3. The Bertz CT molecular complexity index is 931. The summed E-state index contributed by atoms with van der Waals surface area (Å²) in [5.74, 6) is -9.01. The number of benzene rings is 1. The average molecular weight is 412 g/mol. The maximum Gasteiger partial charge on any atom is 0.336 e. The fourth-order valence-electron chi connectivity index (χ4n) is 3.21. The summed E-state index contributed by atoms with van der Waals surface area (Å²) in [7, 11) is 2.17. The van der Waals surface area contributed by atoms with Crippen molar-refractivity contribution in [1.82, 2.24) is 5.32 Å².